The maximum atomic E-state index is 13.3. The molecule has 1 aromatic rings. The lowest BCUT2D eigenvalue weighted by Crippen LogP contribution is -2.42. The standard InChI is InChI=1S/C10H13F2N3O/c1-15(2)14-10(16)9(13)7-4-3-6(11)5-8(7)12/h3-5,9H,13H2,1-2H3,(H,14,16). The van der Waals surface area contributed by atoms with Gasteiger partial charge in [-0.1, -0.05) is 6.07 Å². The number of hydrazine groups is 1. The van der Waals surface area contributed by atoms with E-state index in [1.807, 2.05) is 0 Å². The molecule has 1 unspecified atom stereocenters. The molecule has 0 bridgehead atoms. The number of halogens is 2. The van der Waals surface area contributed by atoms with Crippen molar-refractivity contribution < 1.29 is 13.6 Å². The summed E-state index contributed by atoms with van der Waals surface area (Å²) in [6, 6.07) is 1.74. The number of carbonyl (C=O) groups excluding carboxylic acids is 1. The minimum atomic E-state index is -1.16. The fourth-order valence-electron chi connectivity index (χ4n) is 1.18. The number of nitrogens with two attached hydrogens (primary N) is 1. The summed E-state index contributed by atoms with van der Waals surface area (Å²) in [6.07, 6.45) is 0. The van der Waals surface area contributed by atoms with Crippen LogP contribution in [-0.2, 0) is 4.79 Å². The molecule has 0 aliphatic rings. The molecule has 1 amide bonds. The van der Waals surface area contributed by atoms with Gasteiger partial charge in [0, 0.05) is 25.7 Å². The Hall–Kier alpha value is -1.53. The van der Waals surface area contributed by atoms with Crippen molar-refractivity contribution in [1.29, 1.82) is 0 Å². The summed E-state index contributed by atoms with van der Waals surface area (Å²) in [5.41, 5.74) is 7.89. The van der Waals surface area contributed by atoms with Gasteiger partial charge in [0.25, 0.3) is 5.91 Å². The van der Waals surface area contributed by atoms with Crippen LogP contribution in [0.4, 0.5) is 8.78 Å². The molecule has 0 saturated heterocycles. The average Bonchev–Trinajstić information content (AvgIpc) is 2.15. The zero-order valence-corrected chi connectivity index (χ0v) is 9.00. The quantitative estimate of drug-likeness (QED) is 0.744. The first-order valence-electron chi connectivity index (χ1n) is 4.60. The molecule has 0 spiro atoms. The molecule has 16 heavy (non-hydrogen) atoms. The predicted octanol–water partition coefficient (Wildman–Crippen LogP) is 0.557. The predicted molar refractivity (Wildman–Crippen MR) is 55.1 cm³/mol. The van der Waals surface area contributed by atoms with Crippen molar-refractivity contribution in [2.24, 2.45) is 5.73 Å². The molecule has 0 aromatic heterocycles. The Bertz CT molecular complexity index is 396. The van der Waals surface area contributed by atoms with E-state index in [1.54, 1.807) is 14.1 Å². The lowest BCUT2D eigenvalue weighted by molar-refractivity contribution is -0.126. The molecule has 0 heterocycles. The van der Waals surface area contributed by atoms with E-state index in [1.165, 1.54) is 5.01 Å². The molecule has 6 heteroatoms. The van der Waals surface area contributed by atoms with Gasteiger partial charge in [-0.05, 0) is 6.07 Å². The van der Waals surface area contributed by atoms with Gasteiger partial charge in [0.1, 0.15) is 17.7 Å². The van der Waals surface area contributed by atoms with Crippen LogP contribution in [0, 0.1) is 11.6 Å². The Morgan fingerprint density at radius 2 is 2.06 bits per heavy atom. The van der Waals surface area contributed by atoms with Gasteiger partial charge in [-0.3, -0.25) is 10.2 Å². The largest absolute Gasteiger partial charge is 0.316 e. The van der Waals surface area contributed by atoms with Gasteiger partial charge < -0.3 is 5.73 Å². The Kier molecular flexibility index (Phi) is 3.92. The molecule has 1 rings (SSSR count). The molecule has 0 fully saturated rings. The third kappa shape index (κ3) is 2.98. The van der Waals surface area contributed by atoms with Crippen molar-refractivity contribution >= 4 is 5.91 Å². The first-order valence-corrected chi connectivity index (χ1v) is 4.60. The second-order valence-electron chi connectivity index (χ2n) is 3.51. The monoisotopic (exact) mass is 229 g/mol. The SMILES string of the molecule is CN(C)NC(=O)C(N)c1ccc(F)cc1F. The van der Waals surface area contributed by atoms with Gasteiger partial charge in [-0.25, -0.2) is 13.8 Å². The van der Waals surface area contributed by atoms with Gasteiger partial charge in [-0.2, -0.15) is 0 Å². The molecular weight excluding hydrogens is 216 g/mol. The summed E-state index contributed by atoms with van der Waals surface area (Å²) in [7, 11) is 3.21. The van der Waals surface area contributed by atoms with Gasteiger partial charge in [0.15, 0.2) is 0 Å². The van der Waals surface area contributed by atoms with Crippen LogP contribution in [0.5, 0.6) is 0 Å². The first-order chi connectivity index (χ1) is 7.41. The van der Waals surface area contributed by atoms with Gasteiger partial charge in [-0.15, -0.1) is 0 Å². The maximum Gasteiger partial charge on any atom is 0.255 e. The van der Waals surface area contributed by atoms with Gasteiger partial charge in [0.2, 0.25) is 0 Å². The van der Waals surface area contributed by atoms with E-state index >= 15 is 0 Å². The highest BCUT2D eigenvalue weighted by molar-refractivity contribution is 5.82. The molecule has 88 valence electrons. The van der Waals surface area contributed by atoms with Crippen LogP contribution in [0.3, 0.4) is 0 Å². The van der Waals surface area contributed by atoms with Gasteiger partial charge >= 0.3 is 0 Å². The summed E-state index contributed by atoms with van der Waals surface area (Å²) >= 11 is 0. The van der Waals surface area contributed by atoms with Crippen LogP contribution in [0.2, 0.25) is 0 Å². The maximum absolute atomic E-state index is 13.3. The van der Waals surface area contributed by atoms with Crippen molar-refractivity contribution in [3.05, 3.63) is 35.4 Å². The van der Waals surface area contributed by atoms with Crippen LogP contribution >= 0.6 is 0 Å². The van der Waals surface area contributed by atoms with E-state index < -0.39 is 23.6 Å². The molecule has 3 N–H and O–H groups in total. The molecule has 1 aromatic carbocycles. The lowest BCUT2D eigenvalue weighted by atomic mass is 10.1. The molecule has 0 saturated carbocycles. The highest BCUT2D eigenvalue weighted by Gasteiger charge is 2.19. The number of carbonyl (C=O) groups is 1. The number of rotatable bonds is 3. The Morgan fingerprint density at radius 3 is 2.56 bits per heavy atom. The fraction of sp³-hybridized carbons (Fsp3) is 0.300. The lowest BCUT2D eigenvalue weighted by Gasteiger charge is -2.17. The van der Waals surface area contributed by atoms with Crippen LogP contribution in [0.1, 0.15) is 11.6 Å². The smallest absolute Gasteiger partial charge is 0.255 e. The number of hydrogen-bond acceptors (Lipinski definition) is 3. The number of nitrogens with zero attached hydrogens (tertiary/aromatic N) is 1. The first kappa shape index (κ1) is 12.5. The van der Waals surface area contributed by atoms with E-state index in [0.29, 0.717) is 6.07 Å². The van der Waals surface area contributed by atoms with Crippen LogP contribution in [-0.4, -0.2) is 25.0 Å². The normalized spacial score (nSPS) is 12.6. The minimum absolute atomic E-state index is 0.0410. The summed E-state index contributed by atoms with van der Waals surface area (Å²) in [5, 5.41) is 1.39. The molecule has 4 nitrogen and oxygen atoms in total. The number of benzene rings is 1. The number of amides is 1. The average molecular weight is 229 g/mol. The van der Waals surface area contributed by atoms with Gasteiger partial charge in [0.05, 0.1) is 0 Å². The zero-order valence-electron chi connectivity index (χ0n) is 9.00. The van der Waals surface area contributed by atoms with Crippen LogP contribution < -0.4 is 11.2 Å². The van der Waals surface area contributed by atoms with E-state index in [9.17, 15) is 13.6 Å². The van der Waals surface area contributed by atoms with Crippen molar-refractivity contribution in [2.45, 2.75) is 6.04 Å². The Balaban J connectivity index is 2.87. The van der Waals surface area contributed by atoms with Crippen molar-refractivity contribution in [2.75, 3.05) is 14.1 Å². The fourth-order valence-corrected chi connectivity index (χ4v) is 1.18. The zero-order chi connectivity index (χ0) is 12.3. The topological polar surface area (TPSA) is 58.4 Å². The Morgan fingerprint density at radius 1 is 1.44 bits per heavy atom. The highest BCUT2D eigenvalue weighted by Crippen LogP contribution is 2.16. The van der Waals surface area contributed by atoms with E-state index in [2.05, 4.69) is 5.43 Å². The summed E-state index contributed by atoms with van der Waals surface area (Å²) < 4.78 is 25.9. The second kappa shape index (κ2) is 5.00. The van der Waals surface area contributed by atoms with Crippen molar-refractivity contribution in [1.82, 2.24) is 10.4 Å². The minimum Gasteiger partial charge on any atom is -0.316 e. The number of hydrogen-bond donors (Lipinski definition) is 2. The summed E-state index contributed by atoms with van der Waals surface area (Å²) in [4.78, 5) is 11.5. The molecule has 0 aliphatic carbocycles. The van der Waals surface area contributed by atoms with Crippen LogP contribution in [0.15, 0.2) is 18.2 Å². The van der Waals surface area contributed by atoms with E-state index in [-0.39, 0.29) is 5.56 Å². The van der Waals surface area contributed by atoms with E-state index in [4.69, 9.17) is 5.73 Å². The third-order valence-corrected chi connectivity index (χ3v) is 1.91. The van der Waals surface area contributed by atoms with Crippen LogP contribution in [0.25, 0.3) is 0 Å². The Labute approximate surface area is 92.0 Å². The highest BCUT2D eigenvalue weighted by atomic mass is 19.1. The van der Waals surface area contributed by atoms with Crippen molar-refractivity contribution in [3.8, 4) is 0 Å². The number of nitrogens with one attached hydrogen (secondary N) is 1. The summed E-state index contributed by atoms with van der Waals surface area (Å²) in [5.74, 6) is -2.10. The molecule has 0 aliphatic heterocycles. The van der Waals surface area contributed by atoms with Crippen molar-refractivity contribution in [3.63, 3.8) is 0 Å². The summed E-state index contributed by atoms with van der Waals surface area (Å²) in [6.45, 7) is 0. The molecule has 0 radical (unpaired) electrons. The van der Waals surface area contributed by atoms with E-state index in [0.717, 1.165) is 12.1 Å². The third-order valence-electron chi connectivity index (χ3n) is 1.91. The second-order valence-corrected chi connectivity index (χ2v) is 3.51. The molecular formula is C10H13F2N3O. The molecule has 1 atom stereocenters.